The van der Waals surface area contributed by atoms with Crippen LogP contribution in [0.25, 0.3) is 0 Å². The van der Waals surface area contributed by atoms with E-state index in [0.29, 0.717) is 17.5 Å². The summed E-state index contributed by atoms with van der Waals surface area (Å²) in [5, 5.41) is 8.29. The van der Waals surface area contributed by atoms with Gasteiger partial charge in [0.05, 0.1) is 0 Å². The van der Waals surface area contributed by atoms with Crippen molar-refractivity contribution < 1.29 is 14.3 Å². The summed E-state index contributed by atoms with van der Waals surface area (Å²) in [6.45, 7) is 5.27. The van der Waals surface area contributed by atoms with Crippen LogP contribution in [0.15, 0.2) is 53.6 Å². The number of carbonyl (C=O) groups excluding carboxylic acids is 2. The summed E-state index contributed by atoms with van der Waals surface area (Å²) in [4.78, 5) is 23.5. The molecular weight excluding hydrogens is 362 g/mol. The van der Waals surface area contributed by atoms with Gasteiger partial charge in [0.25, 0.3) is 0 Å². The molecule has 1 N–H and O–H groups in total. The average molecular weight is 383 g/mol. The number of benzene rings is 2. The molecule has 2 aromatic rings. The van der Waals surface area contributed by atoms with Crippen molar-refractivity contribution >= 4 is 28.7 Å². The highest BCUT2D eigenvalue weighted by Crippen LogP contribution is 2.43. The summed E-state index contributed by atoms with van der Waals surface area (Å²) >= 11 is 1.32. The molecule has 0 bridgehead atoms. The van der Waals surface area contributed by atoms with Crippen LogP contribution in [0.1, 0.15) is 35.9 Å². The van der Waals surface area contributed by atoms with Crippen molar-refractivity contribution in [1.29, 1.82) is 0 Å². The van der Waals surface area contributed by atoms with E-state index in [1.165, 1.54) is 30.6 Å². The number of nitrogens with zero attached hydrogens (tertiary/aromatic N) is 2. The van der Waals surface area contributed by atoms with Gasteiger partial charge in [0.2, 0.25) is 11.8 Å². The Balaban J connectivity index is 1.87. The zero-order valence-electron chi connectivity index (χ0n) is 15.4. The molecule has 27 heavy (non-hydrogen) atoms. The summed E-state index contributed by atoms with van der Waals surface area (Å²) < 4.78 is 6.05. The van der Waals surface area contributed by atoms with Crippen LogP contribution in [0.3, 0.4) is 0 Å². The van der Waals surface area contributed by atoms with Gasteiger partial charge in [-0.15, -0.1) is 5.10 Å². The topological polar surface area (TPSA) is 71.0 Å². The number of nitrogens with one attached hydrogen (secondary N) is 1. The van der Waals surface area contributed by atoms with E-state index in [1.807, 2.05) is 55.5 Å². The molecule has 1 atom stereocenters. The van der Waals surface area contributed by atoms with E-state index in [9.17, 15) is 9.59 Å². The Bertz CT molecular complexity index is 883. The molecule has 0 aromatic heterocycles. The Morgan fingerprint density at radius 2 is 1.93 bits per heavy atom. The highest BCUT2D eigenvalue weighted by molar-refractivity contribution is 8.14. The standard InChI is InChI=1S/C20H21N3O3S/c1-13-9-10-18(26-12-16-7-5-4-6-8-16)17(11-13)19-23(15(3)25)22-20(27-19)21-14(2)24/h4-11,19H,12H2,1-3H3,(H,21,22,24)/t19-/m1/s1. The molecule has 0 saturated carbocycles. The first kappa shape index (κ1) is 19.0. The fourth-order valence-corrected chi connectivity index (χ4v) is 3.85. The van der Waals surface area contributed by atoms with Crippen LogP contribution in [0.2, 0.25) is 0 Å². The SMILES string of the molecule is CC(=O)NC1=NN(C(C)=O)[C@@H](c2cc(C)ccc2OCc2ccccc2)S1. The molecule has 1 heterocycles. The monoisotopic (exact) mass is 383 g/mol. The van der Waals surface area contributed by atoms with Crippen LogP contribution in [0.5, 0.6) is 5.75 Å². The molecule has 0 unspecified atom stereocenters. The van der Waals surface area contributed by atoms with Crippen molar-refractivity contribution in [2.24, 2.45) is 5.10 Å². The minimum atomic E-state index is -0.393. The van der Waals surface area contributed by atoms with Gasteiger partial charge in [0.1, 0.15) is 17.7 Å². The summed E-state index contributed by atoms with van der Waals surface area (Å²) in [5.41, 5.74) is 2.95. The molecule has 0 saturated heterocycles. The van der Waals surface area contributed by atoms with Gasteiger partial charge in [-0.25, -0.2) is 5.01 Å². The molecule has 140 valence electrons. The van der Waals surface area contributed by atoms with E-state index in [1.54, 1.807) is 0 Å². The first-order chi connectivity index (χ1) is 12.9. The number of rotatable bonds is 4. The first-order valence-electron chi connectivity index (χ1n) is 8.54. The first-order valence-corrected chi connectivity index (χ1v) is 9.42. The molecule has 3 rings (SSSR count). The second-order valence-electron chi connectivity index (χ2n) is 6.24. The zero-order chi connectivity index (χ0) is 19.4. The van der Waals surface area contributed by atoms with Crippen LogP contribution >= 0.6 is 11.8 Å². The predicted octanol–water partition coefficient (Wildman–Crippen LogP) is 3.58. The number of ether oxygens (including phenoxy) is 1. The summed E-state index contributed by atoms with van der Waals surface area (Å²) in [6.07, 6.45) is 0. The van der Waals surface area contributed by atoms with Crippen LogP contribution < -0.4 is 10.1 Å². The normalized spacial score (nSPS) is 16.0. The van der Waals surface area contributed by atoms with E-state index in [2.05, 4.69) is 10.4 Å². The highest BCUT2D eigenvalue weighted by Gasteiger charge is 2.34. The Labute approximate surface area is 162 Å². The van der Waals surface area contributed by atoms with Crippen LogP contribution in [0, 0.1) is 6.92 Å². The second-order valence-corrected chi connectivity index (χ2v) is 7.30. The fourth-order valence-electron chi connectivity index (χ4n) is 2.69. The van der Waals surface area contributed by atoms with E-state index < -0.39 is 5.37 Å². The lowest BCUT2D eigenvalue weighted by Crippen LogP contribution is -2.25. The molecule has 0 spiro atoms. The van der Waals surface area contributed by atoms with Crippen molar-refractivity contribution in [2.45, 2.75) is 32.8 Å². The fraction of sp³-hybridized carbons (Fsp3) is 0.250. The Kier molecular flexibility index (Phi) is 5.81. The number of thioether (sulfide) groups is 1. The van der Waals surface area contributed by atoms with Gasteiger partial charge in [-0.05, 0) is 24.6 Å². The highest BCUT2D eigenvalue weighted by atomic mass is 32.2. The second kappa shape index (κ2) is 8.26. The molecule has 6 nitrogen and oxygen atoms in total. The van der Waals surface area contributed by atoms with Crippen molar-refractivity contribution in [2.75, 3.05) is 0 Å². The lowest BCUT2D eigenvalue weighted by molar-refractivity contribution is -0.129. The van der Waals surface area contributed by atoms with Crippen molar-refractivity contribution in [3.8, 4) is 5.75 Å². The van der Waals surface area contributed by atoms with Crippen molar-refractivity contribution in [1.82, 2.24) is 10.3 Å². The Morgan fingerprint density at radius 1 is 1.19 bits per heavy atom. The number of amidine groups is 1. The minimum absolute atomic E-state index is 0.205. The summed E-state index contributed by atoms with van der Waals surface area (Å²) in [6, 6.07) is 15.7. The Morgan fingerprint density at radius 3 is 2.59 bits per heavy atom. The van der Waals surface area contributed by atoms with Gasteiger partial charge in [0, 0.05) is 19.4 Å². The third-order valence-corrected chi connectivity index (χ3v) is 5.00. The molecule has 1 aliphatic heterocycles. The lowest BCUT2D eigenvalue weighted by atomic mass is 10.1. The summed E-state index contributed by atoms with van der Waals surface area (Å²) in [5.74, 6) is 0.256. The minimum Gasteiger partial charge on any atom is -0.489 e. The smallest absolute Gasteiger partial charge is 0.241 e. The van der Waals surface area contributed by atoms with E-state index in [-0.39, 0.29) is 11.8 Å². The molecule has 1 aliphatic rings. The van der Waals surface area contributed by atoms with Crippen LogP contribution in [0.4, 0.5) is 0 Å². The van der Waals surface area contributed by atoms with Gasteiger partial charge in [-0.1, -0.05) is 53.7 Å². The van der Waals surface area contributed by atoms with Crippen LogP contribution in [-0.4, -0.2) is 22.0 Å². The predicted molar refractivity (Wildman–Crippen MR) is 106 cm³/mol. The number of aryl methyl sites for hydroxylation is 1. The average Bonchev–Trinajstić information content (AvgIpc) is 3.04. The van der Waals surface area contributed by atoms with Gasteiger partial charge in [-0.3, -0.25) is 9.59 Å². The third-order valence-electron chi connectivity index (χ3n) is 3.92. The van der Waals surface area contributed by atoms with Gasteiger partial charge >= 0.3 is 0 Å². The van der Waals surface area contributed by atoms with E-state index in [0.717, 1.165) is 16.7 Å². The molecule has 0 fully saturated rings. The lowest BCUT2D eigenvalue weighted by Gasteiger charge is -2.22. The van der Waals surface area contributed by atoms with Gasteiger partial charge < -0.3 is 10.1 Å². The van der Waals surface area contributed by atoms with E-state index in [4.69, 9.17) is 4.74 Å². The summed E-state index contributed by atoms with van der Waals surface area (Å²) in [7, 11) is 0. The molecular formula is C20H21N3O3S. The van der Waals surface area contributed by atoms with Crippen molar-refractivity contribution in [3.05, 3.63) is 65.2 Å². The van der Waals surface area contributed by atoms with Crippen molar-refractivity contribution in [3.63, 3.8) is 0 Å². The maximum atomic E-state index is 12.1. The number of carbonyl (C=O) groups is 2. The molecule has 2 aromatic carbocycles. The van der Waals surface area contributed by atoms with Gasteiger partial charge in [-0.2, -0.15) is 0 Å². The molecule has 7 heteroatoms. The Hall–Kier alpha value is -2.80. The third kappa shape index (κ3) is 4.68. The number of hydrogen-bond acceptors (Lipinski definition) is 5. The maximum Gasteiger partial charge on any atom is 0.241 e. The zero-order valence-corrected chi connectivity index (χ0v) is 16.2. The number of hydrogen-bond donors (Lipinski definition) is 1. The molecule has 0 aliphatic carbocycles. The van der Waals surface area contributed by atoms with E-state index >= 15 is 0 Å². The molecule has 0 radical (unpaired) electrons. The quantitative estimate of drug-likeness (QED) is 0.876. The van der Waals surface area contributed by atoms with Gasteiger partial charge in [0.15, 0.2) is 5.17 Å². The number of amides is 2. The number of hydrazone groups is 1. The van der Waals surface area contributed by atoms with Crippen LogP contribution in [-0.2, 0) is 16.2 Å². The molecule has 2 amide bonds. The largest absolute Gasteiger partial charge is 0.489 e. The maximum absolute atomic E-state index is 12.1.